The molecule has 7 nitrogen and oxygen atoms in total. The molecule has 0 aliphatic carbocycles. The van der Waals surface area contributed by atoms with Gasteiger partial charge in [0.1, 0.15) is 10.8 Å². The number of amides is 2. The number of aryl methyl sites for hydroxylation is 1. The second-order valence-electron chi connectivity index (χ2n) is 5.65. The molecule has 1 fully saturated rings. The third-order valence-electron chi connectivity index (χ3n) is 4.03. The summed E-state index contributed by atoms with van der Waals surface area (Å²) < 4.78 is 38.3. The maximum atomic E-state index is 12.8. The van der Waals surface area contributed by atoms with E-state index in [-0.39, 0.29) is 42.3 Å². The highest BCUT2D eigenvalue weighted by Crippen LogP contribution is 2.32. The van der Waals surface area contributed by atoms with E-state index in [4.69, 9.17) is 16.7 Å². The molecule has 0 aromatic carbocycles. The number of pyridine rings is 1. The highest BCUT2D eigenvalue weighted by atomic mass is 35.5. The zero-order valence-electron chi connectivity index (χ0n) is 13.0. The first-order valence-electron chi connectivity index (χ1n) is 7.21. The third-order valence-corrected chi connectivity index (χ3v) is 4.34. The maximum absolute atomic E-state index is 12.8. The number of alkyl halides is 3. The topological polar surface area (TPSA) is 94.0 Å². The predicted octanol–water partition coefficient (Wildman–Crippen LogP) is 2.95. The second-order valence-corrected chi connectivity index (χ2v) is 6.01. The van der Waals surface area contributed by atoms with Crippen molar-refractivity contribution in [1.29, 1.82) is 0 Å². The lowest BCUT2D eigenvalue weighted by molar-refractivity contribution is -0.141. The Bertz CT molecular complexity index is 675. The molecule has 1 aliphatic heterocycles. The van der Waals surface area contributed by atoms with Gasteiger partial charge >= 0.3 is 18.4 Å². The van der Waals surface area contributed by atoms with Gasteiger partial charge in [-0.1, -0.05) is 11.6 Å². The van der Waals surface area contributed by atoms with Gasteiger partial charge in [0.05, 0.1) is 6.04 Å². The van der Waals surface area contributed by atoms with Crippen molar-refractivity contribution in [1.82, 2.24) is 14.8 Å². The molecule has 0 bridgehead atoms. The summed E-state index contributed by atoms with van der Waals surface area (Å²) in [5.41, 5.74) is -0.659. The highest BCUT2D eigenvalue weighted by molar-refractivity contribution is 6.30. The molecule has 25 heavy (non-hydrogen) atoms. The minimum Gasteiger partial charge on any atom is -0.465 e. The van der Waals surface area contributed by atoms with E-state index in [1.807, 2.05) is 0 Å². The van der Waals surface area contributed by atoms with E-state index in [0.29, 0.717) is 0 Å². The molecule has 2 heterocycles. The fraction of sp³-hybridized carbons (Fsp3) is 0.500. The fourth-order valence-corrected chi connectivity index (χ4v) is 3.06. The number of aromatic nitrogens is 1. The Labute approximate surface area is 145 Å². The quantitative estimate of drug-likeness (QED) is 0.768. The summed E-state index contributed by atoms with van der Waals surface area (Å²) in [7, 11) is 0. The van der Waals surface area contributed by atoms with Gasteiger partial charge in [-0.05, 0) is 30.5 Å². The van der Waals surface area contributed by atoms with Gasteiger partial charge in [0.25, 0.3) is 0 Å². The maximum Gasteiger partial charge on any atom is 0.433 e. The molecule has 0 spiro atoms. The zero-order valence-corrected chi connectivity index (χ0v) is 13.8. The fourth-order valence-electron chi connectivity index (χ4n) is 2.74. The van der Waals surface area contributed by atoms with E-state index >= 15 is 0 Å². The second kappa shape index (κ2) is 6.95. The van der Waals surface area contributed by atoms with Crippen molar-refractivity contribution in [2.24, 2.45) is 0 Å². The molecular formula is C14H15ClF3N3O4. The van der Waals surface area contributed by atoms with Crippen LogP contribution in [0.1, 0.15) is 16.8 Å². The van der Waals surface area contributed by atoms with Crippen molar-refractivity contribution in [3.05, 3.63) is 28.0 Å². The average molecular weight is 382 g/mol. The lowest BCUT2D eigenvalue weighted by Crippen LogP contribution is -2.56. The molecule has 1 atom stereocenters. The highest BCUT2D eigenvalue weighted by Gasteiger charge is 2.36. The predicted molar refractivity (Wildman–Crippen MR) is 80.8 cm³/mol. The van der Waals surface area contributed by atoms with Crippen molar-refractivity contribution < 1.29 is 33.0 Å². The normalized spacial score (nSPS) is 18.4. The first-order valence-corrected chi connectivity index (χ1v) is 7.59. The average Bonchev–Trinajstić information content (AvgIpc) is 2.49. The Morgan fingerprint density at radius 1 is 1.32 bits per heavy atom. The van der Waals surface area contributed by atoms with Crippen LogP contribution in [0.4, 0.5) is 22.8 Å². The van der Waals surface area contributed by atoms with Crippen molar-refractivity contribution >= 4 is 23.8 Å². The number of hydrogen-bond acceptors (Lipinski definition) is 3. The van der Waals surface area contributed by atoms with E-state index in [0.717, 1.165) is 15.9 Å². The minimum absolute atomic E-state index is 0.0239. The molecule has 1 aliphatic rings. The third kappa shape index (κ3) is 4.25. The molecule has 1 saturated heterocycles. The molecule has 0 saturated carbocycles. The Morgan fingerprint density at radius 2 is 1.96 bits per heavy atom. The van der Waals surface area contributed by atoms with E-state index in [2.05, 4.69) is 4.98 Å². The summed E-state index contributed by atoms with van der Waals surface area (Å²) in [4.78, 5) is 27.9. The van der Waals surface area contributed by atoms with Crippen LogP contribution in [-0.4, -0.2) is 62.9 Å². The summed E-state index contributed by atoms with van der Waals surface area (Å²) in [5, 5.41) is 18.0. The van der Waals surface area contributed by atoms with Crippen molar-refractivity contribution in [3.63, 3.8) is 0 Å². The van der Waals surface area contributed by atoms with Crippen LogP contribution in [0.2, 0.25) is 5.15 Å². The van der Waals surface area contributed by atoms with Gasteiger partial charge in [0.2, 0.25) is 0 Å². The Balaban J connectivity index is 2.32. The number of hydrogen-bond donors (Lipinski definition) is 2. The molecule has 0 radical (unpaired) electrons. The number of carbonyl (C=O) groups is 2. The van der Waals surface area contributed by atoms with Crippen LogP contribution in [0.3, 0.4) is 0 Å². The van der Waals surface area contributed by atoms with Gasteiger partial charge in [-0.2, -0.15) is 13.2 Å². The van der Waals surface area contributed by atoms with E-state index in [1.54, 1.807) is 0 Å². The number of piperazine rings is 1. The number of halogens is 4. The Kier molecular flexibility index (Phi) is 5.31. The molecule has 1 aromatic heterocycles. The summed E-state index contributed by atoms with van der Waals surface area (Å²) in [6.45, 7) is 1.31. The monoisotopic (exact) mass is 381 g/mol. The van der Waals surface area contributed by atoms with Gasteiger partial charge in [-0.3, -0.25) is 0 Å². The SMILES string of the molecule is Cc1cc(C(F)(F)F)nc(Cl)c1CC1CN(C(=O)O)CCN1C(=O)O. The van der Waals surface area contributed by atoms with E-state index in [9.17, 15) is 27.9 Å². The molecule has 1 unspecified atom stereocenters. The van der Waals surface area contributed by atoms with E-state index in [1.165, 1.54) is 6.92 Å². The van der Waals surface area contributed by atoms with Crippen LogP contribution in [-0.2, 0) is 12.6 Å². The molecule has 2 N–H and O–H groups in total. The smallest absolute Gasteiger partial charge is 0.433 e. The summed E-state index contributed by atoms with van der Waals surface area (Å²) >= 11 is 5.88. The van der Waals surface area contributed by atoms with Crippen LogP contribution in [0.5, 0.6) is 0 Å². The van der Waals surface area contributed by atoms with Crippen LogP contribution in [0.25, 0.3) is 0 Å². The first-order chi connectivity index (χ1) is 11.5. The minimum atomic E-state index is -4.65. The van der Waals surface area contributed by atoms with E-state index < -0.39 is 30.1 Å². The van der Waals surface area contributed by atoms with Crippen LogP contribution < -0.4 is 0 Å². The summed E-state index contributed by atoms with van der Waals surface area (Å²) in [6, 6.07) is 0.0708. The van der Waals surface area contributed by atoms with Gasteiger partial charge in [-0.25, -0.2) is 14.6 Å². The van der Waals surface area contributed by atoms with Crippen molar-refractivity contribution in [2.75, 3.05) is 19.6 Å². The van der Waals surface area contributed by atoms with Crippen molar-refractivity contribution in [2.45, 2.75) is 25.6 Å². The number of nitrogens with zero attached hydrogens (tertiary/aromatic N) is 3. The first kappa shape index (κ1) is 19.1. The molecule has 2 amide bonds. The molecule has 1 aromatic rings. The summed E-state index contributed by atoms with van der Waals surface area (Å²) in [6.07, 6.45) is -7.11. The molecule has 11 heteroatoms. The Morgan fingerprint density at radius 3 is 2.44 bits per heavy atom. The van der Waals surface area contributed by atoms with Gasteiger partial charge in [-0.15, -0.1) is 0 Å². The van der Waals surface area contributed by atoms with Crippen molar-refractivity contribution in [3.8, 4) is 0 Å². The lowest BCUT2D eigenvalue weighted by Gasteiger charge is -2.39. The largest absolute Gasteiger partial charge is 0.465 e. The standard InChI is InChI=1S/C14H15ClF3N3O4/c1-7-4-10(14(16,17)18)19-11(15)9(7)5-8-6-20(12(22)23)2-3-21(8)13(24)25/h4,8H,2-3,5-6H2,1H3,(H,22,23)(H,24,25). The summed E-state index contributed by atoms with van der Waals surface area (Å²) in [5.74, 6) is 0. The molecule has 2 rings (SSSR count). The molecular weight excluding hydrogens is 367 g/mol. The lowest BCUT2D eigenvalue weighted by atomic mass is 9.99. The Hall–Kier alpha value is -2.23. The van der Waals surface area contributed by atoms with Crippen LogP contribution in [0.15, 0.2) is 6.07 Å². The number of carboxylic acid groups (broad SMARTS) is 2. The zero-order chi connectivity index (χ0) is 18.9. The van der Waals surface area contributed by atoms with Crippen LogP contribution >= 0.6 is 11.6 Å². The van der Waals surface area contributed by atoms with Gasteiger partial charge in [0.15, 0.2) is 0 Å². The van der Waals surface area contributed by atoms with Gasteiger partial charge < -0.3 is 20.0 Å². The van der Waals surface area contributed by atoms with Gasteiger partial charge in [0, 0.05) is 19.6 Å². The number of rotatable bonds is 2. The van der Waals surface area contributed by atoms with Crippen LogP contribution in [0, 0.1) is 6.92 Å². The molecule has 138 valence electrons.